The molecule has 0 spiro atoms. The second-order valence-electron chi connectivity index (χ2n) is 26.7. The summed E-state index contributed by atoms with van der Waals surface area (Å²) in [6.07, 6.45) is 52.0. The molecule has 0 radical (unpaired) electrons. The van der Waals surface area contributed by atoms with E-state index in [1.165, 1.54) is 239 Å². The number of fused-ring (bicyclic) bond motifs is 12. The van der Waals surface area contributed by atoms with Crippen molar-refractivity contribution >= 4 is 102 Å². The number of aromatic nitrogens is 3. The Morgan fingerprint density at radius 1 is 0.258 bits per heavy atom. The van der Waals surface area contributed by atoms with Crippen LogP contribution in [0.4, 0.5) is 0 Å². The summed E-state index contributed by atoms with van der Waals surface area (Å²) < 4.78 is 8.31. The molecule has 0 unspecified atom stereocenters. The van der Waals surface area contributed by atoms with Crippen LogP contribution in [0.3, 0.4) is 0 Å². The van der Waals surface area contributed by atoms with E-state index in [-0.39, 0.29) is 0 Å². The molecule has 10 aromatic rings. The monoisotopic (exact) mass is 1230 g/mol. The highest BCUT2D eigenvalue weighted by Gasteiger charge is 2.28. The Balaban J connectivity index is 1.19. The summed E-state index contributed by atoms with van der Waals surface area (Å²) in [7, 11) is 0. The Hall–Kier alpha value is -8.37. The van der Waals surface area contributed by atoms with Crippen molar-refractivity contribution in [1.29, 1.82) is 15.8 Å². The first-order valence-corrected chi connectivity index (χ1v) is 36.5. The van der Waals surface area contributed by atoms with E-state index < -0.39 is 0 Å². The van der Waals surface area contributed by atoms with E-state index >= 15 is 0 Å². The molecule has 0 N–H and O–H groups in total. The van der Waals surface area contributed by atoms with Crippen molar-refractivity contribution in [1.82, 2.24) is 13.7 Å². The third-order valence-corrected chi connectivity index (χ3v) is 19.7. The summed E-state index contributed by atoms with van der Waals surface area (Å²) in [5.41, 5.74) is 16.7. The number of hydrogen-bond acceptors (Lipinski definition) is 3. The largest absolute Gasteiger partial charge is 0.340 e. The molecule has 3 aromatic heterocycles. The zero-order valence-electron chi connectivity index (χ0n) is 56.6. The number of rotatable bonds is 39. The Morgan fingerprint density at radius 2 is 0.462 bits per heavy atom. The fraction of sp³-hybridized carbons (Fsp3) is 0.414. The molecule has 0 aliphatic heterocycles. The van der Waals surface area contributed by atoms with Crippen LogP contribution in [-0.4, -0.2) is 13.7 Å². The van der Waals surface area contributed by atoms with Gasteiger partial charge in [0.05, 0.1) is 51.4 Å². The van der Waals surface area contributed by atoms with Crippen LogP contribution in [0, 0.1) is 34.0 Å². The Bertz CT molecular complexity index is 3780. The van der Waals surface area contributed by atoms with Crippen LogP contribution in [0.1, 0.15) is 263 Å². The second kappa shape index (κ2) is 35.6. The van der Waals surface area contributed by atoms with Crippen LogP contribution in [0.2, 0.25) is 0 Å². The molecule has 0 amide bonds. The predicted molar refractivity (Wildman–Crippen MR) is 401 cm³/mol. The van der Waals surface area contributed by atoms with Gasteiger partial charge in [-0.15, -0.1) is 0 Å². The molecule has 0 atom stereocenters. The molecule has 480 valence electrons. The third-order valence-electron chi connectivity index (χ3n) is 19.7. The van der Waals surface area contributed by atoms with Gasteiger partial charge in [0, 0.05) is 68.5 Å². The van der Waals surface area contributed by atoms with Gasteiger partial charge in [-0.3, -0.25) is 0 Å². The molecular weight excluding hydrogens is 1130 g/mol. The lowest BCUT2D eigenvalue weighted by atomic mass is 10.0. The maximum Gasteiger partial charge on any atom is 0.0991 e. The minimum Gasteiger partial charge on any atom is -0.340 e. The molecule has 6 nitrogen and oxygen atoms in total. The van der Waals surface area contributed by atoms with Gasteiger partial charge in [-0.2, -0.15) is 15.8 Å². The number of benzene rings is 7. The van der Waals surface area contributed by atoms with Gasteiger partial charge in [-0.05, 0) is 107 Å². The summed E-state index contributed by atoms with van der Waals surface area (Å²) in [5.74, 6) is 0. The van der Waals surface area contributed by atoms with Gasteiger partial charge >= 0.3 is 0 Å². The van der Waals surface area contributed by atoms with E-state index in [0.29, 0.717) is 16.7 Å². The van der Waals surface area contributed by atoms with E-state index in [2.05, 4.69) is 144 Å². The number of nitrogens with zero attached hydrogens (tertiary/aromatic N) is 6. The quantitative estimate of drug-likeness (QED) is 0.0284. The molecule has 3 heterocycles. The zero-order valence-corrected chi connectivity index (χ0v) is 56.6. The minimum absolute atomic E-state index is 0.671. The zero-order chi connectivity index (χ0) is 64.4. The molecule has 0 fully saturated rings. The molecule has 0 saturated heterocycles. The highest BCUT2D eigenvalue weighted by Crippen LogP contribution is 2.49. The lowest BCUT2D eigenvalue weighted by Gasteiger charge is -2.13. The first-order chi connectivity index (χ1) is 45.9. The van der Waals surface area contributed by atoms with Crippen LogP contribution in [-0.2, 0) is 19.6 Å². The predicted octanol–water partition coefficient (Wildman–Crippen LogP) is 25.9. The number of hydrogen-bond donors (Lipinski definition) is 0. The van der Waals surface area contributed by atoms with Gasteiger partial charge in [-0.1, -0.05) is 303 Å². The Labute approximate surface area is 556 Å². The van der Waals surface area contributed by atoms with Crippen molar-refractivity contribution in [3.8, 4) is 18.2 Å². The molecule has 93 heavy (non-hydrogen) atoms. The molecule has 0 bridgehead atoms. The smallest absolute Gasteiger partial charge is 0.0991 e. The van der Waals surface area contributed by atoms with Crippen molar-refractivity contribution in [2.24, 2.45) is 0 Å². The molecule has 0 aliphatic carbocycles. The SMILES string of the molecule is CCCCCCCCCCCCn1c2cc(/C=C/c3ccc(C#N)cc3)ccc2c2c1c1c3ccc(/C=C/c4ccc(C#N)cc4)cc3n(CCCCCCCCCCCC)c1c1c3ccc(/C=C/c4ccc(C#N)cc4)cc3n(CCCCCCCCCCCC)c21. The third kappa shape index (κ3) is 17.7. The van der Waals surface area contributed by atoms with Crippen molar-refractivity contribution in [3.05, 3.63) is 177 Å². The fourth-order valence-corrected chi connectivity index (χ4v) is 14.5. The first-order valence-electron chi connectivity index (χ1n) is 36.5. The summed E-state index contributed by atoms with van der Waals surface area (Å²) in [6, 6.07) is 52.4. The van der Waals surface area contributed by atoms with Crippen molar-refractivity contribution in [3.63, 3.8) is 0 Å². The normalized spacial score (nSPS) is 12.0. The molecule has 6 heteroatoms. The van der Waals surface area contributed by atoms with E-state index in [9.17, 15) is 15.8 Å². The van der Waals surface area contributed by atoms with Crippen molar-refractivity contribution in [2.75, 3.05) is 0 Å². The van der Waals surface area contributed by atoms with Gasteiger partial charge < -0.3 is 13.7 Å². The minimum atomic E-state index is 0.671. The van der Waals surface area contributed by atoms with Crippen molar-refractivity contribution < 1.29 is 0 Å². The molecule has 0 aliphatic rings. The number of unbranched alkanes of at least 4 members (excludes halogenated alkanes) is 27. The van der Waals surface area contributed by atoms with Gasteiger partial charge in [0.1, 0.15) is 0 Å². The molecular formula is C87H102N6. The molecule has 10 rings (SSSR count). The molecule has 7 aromatic carbocycles. The second-order valence-corrected chi connectivity index (χ2v) is 26.7. The Morgan fingerprint density at radius 3 is 0.688 bits per heavy atom. The maximum absolute atomic E-state index is 9.62. The summed E-state index contributed by atoms with van der Waals surface area (Å²) >= 11 is 0. The summed E-state index contributed by atoms with van der Waals surface area (Å²) in [5, 5.41) is 36.9. The van der Waals surface area contributed by atoms with E-state index in [1.807, 2.05) is 72.8 Å². The van der Waals surface area contributed by atoms with Crippen LogP contribution in [0.5, 0.6) is 0 Å². The van der Waals surface area contributed by atoms with E-state index in [1.54, 1.807) is 0 Å². The fourth-order valence-electron chi connectivity index (χ4n) is 14.5. The average Bonchev–Trinajstić information content (AvgIpc) is 1.52. The highest BCUT2D eigenvalue weighted by atomic mass is 15.0. The number of aryl methyl sites for hydroxylation is 3. The van der Waals surface area contributed by atoms with Crippen molar-refractivity contribution in [2.45, 2.75) is 233 Å². The van der Waals surface area contributed by atoms with Crippen LogP contribution in [0.15, 0.2) is 127 Å². The van der Waals surface area contributed by atoms with E-state index in [4.69, 9.17) is 0 Å². The van der Waals surface area contributed by atoms with Crippen LogP contribution < -0.4 is 0 Å². The summed E-state index contributed by atoms with van der Waals surface area (Å²) in [6.45, 7) is 9.71. The van der Waals surface area contributed by atoms with Gasteiger partial charge in [-0.25, -0.2) is 0 Å². The topological polar surface area (TPSA) is 86.2 Å². The van der Waals surface area contributed by atoms with Gasteiger partial charge in [0.15, 0.2) is 0 Å². The van der Waals surface area contributed by atoms with Crippen LogP contribution >= 0.6 is 0 Å². The first kappa shape index (κ1) is 67.5. The number of nitriles is 3. The highest BCUT2D eigenvalue weighted by molar-refractivity contribution is 6.39. The average molecular weight is 1230 g/mol. The lowest BCUT2D eigenvalue weighted by Crippen LogP contribution is -2.02. The Kier molecular flexibility index (Phi) is 25.9. The van der Waals surface area contributed by atoms with Gasteiger partial charge in [0.25, 0.3) is 0 Å². The standard InChI is InChI=1S/C87H102N6/c1-4-7-10-13-16-19-22-25-28-31-58-91-79-61-70(43-34-67-37-46-73(64-88)47-38-67)52-55-76(79)82-85(91)83-77-56-53-71(44-35-68-39-48-74(65-89)49-40-68)62-80(77)92(59-32-29-26-23-20-17-14-11-8-5-2)87(83)84-78-57-54-72(45-36-69-41-50-75(66-90)51-42-69)63-81(78)93(86(82)84)60-33-30-27-24-21-18-15-12-9-6-3/h34-57,61-63H,4-33,58-60H2,1-3H3/b43-34+,44-35+,45-36+. The van der Waals surface area contributed by atoms with Gasteiger partial charge in [0.2, 0.25) is 0 Å². The van der Waals surface area contributed by atoms with E-state index in [0.717, 1.165) is 72.3 Å². The molecule has 0 saturated carbocycles. The summed E-state index contributed by atoms with van der Waals surface area (Å²) in [4.78, 5) is 0. The lowest BCUT2D eigenvalue weighted by molar-refractivity contribution is 0.541. The maximum atomic E-state index is 9.62. The van der Waals surface area contributed by atoms with Crippen LogP contribution in [0.25, 0.3) is 102 Å².